The van der Waals surface area contributed by atoms with Gasteiger partial charge in [-0.1, -0.05) is 48.5 Å². The SMILES string of the molecule is COc1ccc(CC(=O)N/N=C/c2ccccc2OCc2ccccc2)cc1OC. The lowest BCUT2D eigenvalue weighted by Gasteiger charge is -2.09. The number of nitrogens with one attached hydrogen (secondary N) is 1. The molecule has 1 amide bonds. The Kier molecular flexibility index (Phi) is 7.44. The van der Waals surface area contributed by atoms with Crippen molar-refractivity contribution in [2.45, 2.75) is 13.0 Å². The lowest BCUT2D eigenvalue weighted by molar-refractivity contribution is -0.120. The Morgan fingerprint density at radius 2 is 1.60 bits per heavy atom. The highest BCUT2D eigenvalue weighted by molar-refractivity contribution is 5.85. The molecule has 0 aliphatic rings. The minimum atomic E-state index is -0.235. The van der Waals surface area contributed by atoms with E-state index in [-0.39, 0.29) is 12.3 Å². The van der Waals surface area contributed by atoms with Gasteiger partial charge in [0.2, 0.25) is 5.91 Å². The molecule has 3 aromatic carbocycles. The standard InChI is InChI=1S/C24H24N2O4/c1-28-22-13-12-19(14-23(22)29-2)15-24(27)26-25-16-20-10-6-7-11-21(20)30-17-18-8-4-3-5-9-18/h3-14,16H,15,17H2,1-2H3,(H,26,27)/b25-16+. The van der Waals surface area contributed by atoms with Crippen molar-refractivity contribution in [3.63, 3.8) is 0 Å². The molecule has 0 aromatic heterocycles. The Morgan fingerprint density at radius 1 is 0.867 bits per heavy atom. The first-order valence-corrected chi connectivity index (χ1v) is 9.48. The number of para-hydroxylation sites is 1. The van der Waals surface area contributed by atoms with E-state index in [1.54, 1.807) is 32.6 Å². The highest BCUT2D eigenvalue weighted by Gasteiger charge is 2.08. The van der Waals surface area contributed by atoms with E-state index in [4.69, 9.17) is 14.2 Å². The first kappa shape index (κ1) is 20.9. The topological polar surface area (TPSA) is 69.2 Å². The quantitative estimate of drug-likeness (QED) is 0.433. The van der Waals surface area contributed by atoms with Crippen molar-refractivity contribution in [1.29, 1.82) is 0 Å². The molecule has 0 atom stereocenters. The summed E-state index contributed by atoms with van der Waals surface area (Å²) in [6.07, 6.45) is 1.75. The predicted molar refractivity (Wildman–Crippen MR) is 116 cm³/mol. The molecule has 0 aliphatic heterocycles. The molecular weight excluding hydrogens is 380 g/mol. The number of ether oxygens (including phenoxy) is 3. The van der Waals surface area contributed by atoms with Gasteiger partial charge in [0.1, 0.15) is 12.4 Å². The fourth-order valence-electron chi connectivity index (χ4n) is 2.84. The molecule has 0 bridgehead atoms. The summed E-state index contributed by atoms with van der Waals surface area (Å²) in [6, 6.07) is 22.8. The minimum Gasteiger partial charge on any atom is -0.493 e. The van der Waals surface area contributed by atoms with Crippen molar-refractivity contribution < 1.29 is 19.0 Å². The molecule has 0 aliphatic carbocycles. The molecule has 3 aromatic rings. The lowest BCUT2D eigenvalue weighted by Crippen LogP contribution is -2.19. The lowest BCUT2D eigenvalue weighted by atomic mass is 10.1. The van der Waals surface area contributed by atoms with Crippen LogP contribution < -0.4 is 19.6 Å². The van der Waals surface area contributed by atoms with Gasteiger partial charge in [-0.15, -0.1) is 0 Å². The second kappa shape index (κ2) is 10.7. The van der Waals surface area contributed by atoms with Gasteiger partial charge in [-0.2, -0.15) is 5.10 Å². The van der Waals surface area contributed by atoms with E-state index in [0.29, 0.717) is 23.9 Å². The number of hydrogen-bond acceptors (Lipinski definition) is 5. The van der Waals surface area contributed by atoms with Crippen LogP contribution in [0, 0.1) is 0 Å². The van der Waals surface area contributed by atoms with Crippen LogP contribution in [0.4, 0.5) is 0 Å². The van der Waals surface area contributed by atoms with Gasteiger partial charge in [0, 0.05) is 5.56 Å². The molecule has 6 heteroatoms. The molecule has 0 unspecified atom stereocenters. The number of rotatable bonds is 9. The van der Waals surface area contributed by atoms with Gasteiger partial charge in [-0.05, 0) is 35.4 Å². The Labute approximate surface area is 176 Å². The molecule has 3 rings (SSSR count). The average Bonchev–Trinajstić information content (AvgIpc) is 2.79. The summed E-state index contributed by atoms with van der Waals surface area (Å²) in [4.78, 5) is 12.2. The molecule has 1 N–H and O–H groups in total. The number of benzene rings is 3. The molecule has 30 heavy (non-hydrogen) atoms. The monoisotopic (exact) mass is 404 g/mol. The van der Waals surface area contributed by atoms with E-state index < -0.39 is 0 Å². The van der Waals surface area contributed by atoms with Crippen molar-refractivity contribution >= 4 is 12.1 Å². The van der Waals surface area contributed by atoms with E-state index in [1.807, 2.05) is 60.7 Å². The summed E-state index contributed by atoms with van der Waals surface area (Å²) in [7, 11) is 3.13. The zero-order chi connectivity index (χ0) is 21.2. The fourth-order valence-corrected chi connectivity index (χ4v) is 2.84. The first-order valence-electron chi connectivity index (χ1n) is 9.48. The molecule has 0 radical (unpaired) electrons. The van der Waals surface area contributed by atoms with Crippen molar-refractivity contribution in [2.24, 2.45) is 5.10 Å². The number of hydrazone groups is 1. The third-order valence-corrected chi connectivity index (χ3v) is 4.36. The number of methoxy groups -OCH3 is 2. The van der Waals surface area contributed by atoms with Gasteiger partial charge in [0.15, 0.2) is 11.5 Å². The zero-order valence-electron chi connectivity index (χ0n) is 17.0. The fraction of sp³-hybridized carbons (Fsp3) is 0.167. The van der Waals surface area contributed by atoms with E-state index in [9.17, 15) is 4.79 Å². The highest BCUT2D eigenvalue weighted by atomic mass is 16.5. The molecule has 0 fully saturated rings. The smallest absolute Gasteiger partial charge is 0.244 e. The van der Waals surface area contributed by atoms with Gasteiger partial charge in [-0.3, -0.25) is 4.79 Å². The number of hydrogen-bond donors (Lipinski definition) is 1. The molecule has 0 saturated carbocycles. The third kappa shape index (κ3) is 5.85. The highest BCUT2D eigenvalue weighted by Crippen LogP contribution is 2.27. The third-order valence-electron chi connectivity index (χ3n) is 4.36. The van der Waals surface area contributed by atoms with E-state index in [2.05, 4.69) is 10.5 Å². The van der Waals surface area contributed by atoms with Crippen LogP contribution in [0.25, 0.3) is 0 Å². The number of nitrogens with zero attached hydrogens (tertiary/aromatic N) is 1. The summed E-state index contributed by atoms with van der Waals surface area (Å²) in [6.45, 7) is 0.456. The van der Waals surface area contributed by atoms with Gasteiger partial charge < -0.3 is 14.2 Å². The van der Waals surface area contributed by atoms with Gasteiger partial charge in [0.25, 0.3) is 0 Å². The summed E-state index contributed by atoms with van der Waals surface area (Å²) < 4.78 is 16.4. The largest absolute Gasteiger partial charge is 0.493 e. The van der Waals surface area contributed by atoms with E-state index in [0.717, 1.165) is 16.7 Å². The summed E-state index contributed by atoms with van der Waals surface area (Å²) in [5.74, 6) is 1.66. The molecule has 0 saturated heterocycles. The van der Waals surface area contributed by atoms with Crippen LogP contribution in [0.5, 0.6) is 17.2 Å². The normalized spacial score (nSPS) is 10.6. The Hall–Kier alpha value is -3.80. The summed E-state index contributed by atoms with van der Waals surface area (Å²) in [5, 5.41) is 4.07. The van der Waals surface area contributed by atoms with Gasteiger partial charge in [0.05, 0.1) is 26.9 Å². The van der Waals surface area contributed by atoms with Crippen LogP contribution in [0.2, 0.25) is 0 Å². The maximum Gasteiger partial charge on any atom is 0.244 e. The molecule has 154 valence electrons. The maximum atomic E-state index is 12.2. The Morgan fingerprint density at radius 3 is 2.37 bits per heavy atom. The summed E-state index contributed by atoms with van der Waals surface area (Å²) in [5.41, 5.74) is 5.20. The van der Waals surface area contributed by atoms with Crippen LogP contribution in [0.3, 0.4) is 0 Å². The number of amides is 1. The molecule has 0 spiro atoms. The molecule has 0 heterocycles. The first-order chi connectivity index (χ1) is 14.7. The van der Waals surface area contributed by atoms with Crippen LogP contribution >= 0.6 is 0 Å². The number of carbonyl (C=O) groups is 1. The number of carbonyl (C=O) groups excluding carboxylic acids is 1. The van der Waals surface area contributed by atoms with E-state index in [1.165, 1.54) is 0 Å². The van der Waals surface area contributed by atoms with Crippen LogP contribution in [-0.2, 0) is 17.8 Å². The van der Waals surface area contributed by atoms with Crippen molar-refractivity contribution in [2.75, 3.05) is 14.2 Å². The van der Waals surface area contributed by atoms with Crippen molar-refractivity contribution in [3.05, 3.63) is 89.5 Å². The molecule has 6 nitrogen and oxygen atoms in total. The minimum absolute atomic E-state index is 0.170. The predicted octanol–water partition coefficient (Wildman–Crippen LogP) is 3.98. The van der Waals surface area contributed by atoms with Crippen LogP contribution in [-0.4, -0.2) is 26.3 Å². The molecular formula is C24H24N2O4. The van der Waals surface area contributed by atoms with E-state index >= 15 is 0 Å². The summed E-state index contributed by atoms with van der Waals surface area (Å²) >= 11 is 0. The zero-order valence-corrected chi connectivity index (χ0v) is 17.0. The van der Waals surface area contributed by atoms with Crippen molar-refractivity contribution in [1.82, 2.24) is 5.43 Å². The average molecular weight is 404 g/mol. The Balaban J connectivity index is 1.58. The van der Waals surface area contributed by atoms with Crippen LogP contribution in [0.1, 0.15) is 16.7 Å². The maximum absolute atomic E-state index is 12.2. The van der Waals surface area contributed by atoms with Gasteiger partial charge in [-0.25, -0.2) is 5.43 Å². The second-order valence-corrected chi connectivity index (χ2v) is 6.47. The van der Waals surface area contributed by atoms with Crippen LogP contribution in [0.15, 0.2) is 77.9 Å². The van der Waals surface area contributed by atoms with Gasteiger partial charge >= 0.3 is 0 Å². The second-order valence-electron chi connectivity index (χ2n) is 6.47. The van der Waals surface area contributed by atoms with Crippen molar-refractivity contribution in [3.8, 4) is 17.2 Å². The Bertz CT molecular complexity index is 1000.